The number of hydrogen-bond donors (Lipinski definition) is 1. The molecule has 0 radical (unpaired) electrons. The fraction of sp³-hybridized carbons (Fsp3) is 0.250. The Balaban J connectivity index is 0.000000378. The topological polar surface area (TPSA) is 41.6 Å². The zero-order valence-corrected chi connectivity index (χ0v) is 6.70. The Bertz CT molecular complexity index is 288. The molecule has 0 spiro atoms. The van der Waals surface area contributed by atoms with E-state index in [0.29, 0.717) is 0 Å². The van der Waals surface area contributed by atoms with Crippen molar-refractivity contribution in [1.29, 1.82) is 0 Å². The second kappa shape index (κ2) is 3.71. The molecule has 3 nitrogen and oxygen atoms in total. The second-order valence-electron chi connectivity index (χ2n) is 1.83. The molecular weight excluding hydrogens is 138 g/mol. The highest BCUT2D eigenvalue weighted by Gasteiger charge is 1.89. The lowest BCUT2D eigenvalue weighted by Gasteiger charge is -1.80. The summed E-state index contributed by atoms with van der Waals surface area (Å²) in [4.78, 5) is 3.91. The smallest absolute Gasteiger partial charge is 0.0833 e. The van der Waals surface area contributed by atoms with Crippen molar-refractivity contribution >= 4 is 10.9 Å². The van der Waals surface area contributed by atoms with Crippen molar-refractivity contribution < 1.29 is 1.43 Å². The lowest BCUT2D eigenvalue weighted by atomic mass is 10.3. The molecule has 0 aromatic carbocycles. The first-order valence-corrected chi connectivity index (χ1v) is 3.70. The molecule has 0 aliphatic rings. The van der Waals surface area contributed by atoms with Crippen molar-refractivity contribution in [2.45, 2.75) is 13.8 Å². The number of rotatable bonds is 0. The number of fused-ring (bicyclic) bond motifs is 1. The van der Waals surface area contributed by atoms with Crippen LogP contribution in [0.5, 0.6) is 0 Å². The summed E-state index contributed by atoms with van der Waals surface area (Å²) in [5, 5.41) is 7.75. The van der Waals surface area contributed by atoms with Gasteiger partial charge in [-0.15, -0.1) is 0 Å². The van der Waals surface area contributed by atoms with Gasteiger partial charge in [0, 0.05) is 13.0 Å². The van der Waals surface area contributed by atoms with Crippen LogP contribution in [0.2, 0.25) is 0 Å². The fourth-order valence-electron chi connectivity index (χ4n) is 0.783. The zero-order valence-electron chi connectivity index (χ0n) is 6.70. The molecular formula is C8H13N3. The summed E-state index contributed by atoms with van der Waals surface area (Å²) in [5.74, 6) is 0. The molecule has 0 saturated carbocycles. The van der Waals surface area contributed by atoms with Gasteiger partial charge >= 0.3 is 0 Å². The van der Waals surface area contributed by atoms with Crippen LogP contribution in [0.3, 0.4) is 0 Å². The molecule has 11 heavy (non-hydrogen) atoms. The van der Waals surface area contributed by atoms with Gasteiger partial charge in [-0.1, -0.05) is 13.8 Å². The molecule has 2 rings (SSSR count). The van der Waals surface area contributed by atoms with Crippen LogP contribution < -0.4 is 0 Å². The molecule has 60 valence electrons. The average Bonchev–Trinajstić information content (AvgIpc) is 2.55. The predicted molar refractivity (Wildman–Crippen MR) is 47.4 cm³/mol. The third-order valence-corrected chi connectivity index (χ3v) is 1.24. The maximum absolute atomic E-state index is 3.91. The van der Waals surface area contributed by atoms with Crippen molar-refractivity contribution in [3.63, 3.8) is 0 Å². The highest BCUT2D eigenvalue weighted by Crippen LogP contribution is 2.04. The maximum Gasteiger partial charge on any atom is 0.0833 e. The number of nitrogens with zero attached hydrogens (tertiary/aromatic N) is 2. The molecule has 0 aliphatic heterocycles. The van der Waals surface area contributed by atoms with E-state index in [-0.39, 0.29) is 1.43 Å². The van der Waals surface area contributed by atoms with Gasteiger partial charge in [0.25, 0.3) is 0 Å². The third kappa shape index (κ3) is 1.55. The van der Waals surface area contributed by atoms with Crippen molar-refractivity contribution in [2.75, 3.05) is 0 Å². The number of hydrogen-bond acceptors (Lipinski definition) is 2. The fourth-order valence-corrected chi connectivity index (χ4v) is 0.783. The first kappa shape index (κ1) is 7.72. The monoisotopic (exact) mass is 151 g/mol. The molecule has 0 amide bonds. The first-order valence-electron chi connectivity index (χ1n) is 3.70. The largest absolute Gasteiger partial charge is 0.276 e. The van der Waals surface area contributed by atoms with Crippen LogP contribution >= 0.6 is 0 Å². The maximum atomic E-state index is 3.91. The minimum Gasteiger partial charge on any atom is -0.276 e. The Morgan fingerprint density at radius 2 is 2.18 bits per heavy atom. The van der Waals surface area contributed by atoms with Crippen LogP contribution in [0.1, 0.15) is 15.3 Å². The molecule has 0 atom stereocenters. The highest BCUT2D eigenvalue weighted by molar-refractivity contribution is 5.76. The van der Waals surface area contributed by atoms with E-state index in [1.54, 1.807) is 18.6 Å². The van der Waals surface area contributed by atoms with Crippen LogP contribution in [-0.4, -0.2) is 15.2 Å². The molecule has 2 aromatic heterocycles. The van der Waals surface area contributed by atoms with Gasteiger partial charge in [-0.2, -0.15) is 5.10 Å². The van der Waals surface area contributed by atoms with E-state index in [1.165, 1.54) is 0 Å². The van der Waals surface area contributed by atoms with Crippen molar-refractivity contribution in [3.8, 4) is 0 Å². The van der Waals surface area contributed by atoms with Crippen molar-refractivity contribution in [1.82, 2.24) is 15.2 Å². The minimum atomic E-state index is 0. The van der Waals surface area contributed by atoms with E-state index >= 15 is 0 Å². The molecule has 0 fully saturated rings. The Morgan fingerprint density at radius 3 is 2.91 bits per heavy atom. The summed E-state index contributed by atoms with van der Waals surface area (Å²) in [6.45, 7) is 4.00. The van der Waals surface area contributed by atoms with Gasteiger partial charge in [0.1, 0.15) is 0 Å². The lowest BCUT2D eigenvalue weighted by molar-refractivity contribution is 1.11. The molecule has 1 N–H and O–H groups in total. The SMILES string of the molecule is CC.[HH].c1cc2cn[nH]c2cn1. The van der Waals surface area contributed by atoms with E-state index in [0.717, 1.165) is 10.9 Å². The zero-order chi connectivity index (χ0) is 8.10. The Morgan fingerprint density at radius 1 is 1.36 bits per heavy atom. The van der Waals surface area contributed by atoms with Crippen molar-refractivity contribution in [2.24, 2.45) is 0 Å². The lowest BCUT2D eigenvalue weighted by Crippen LogP contribution is -1.69. The average molecular weight is 151 g/mol. The Hall–Kier alpha value is -1.38. The Labute approximate surface area is 67.0 Å². The van der Waals surface area contributed by atoms with Crippen LogP contribution in [0.25, 0.3) is 10.9 Å². The summed E-state index contributed by atoms with van der Waals surface area (Å²) < 4.78 is 0. The molecule has 0 saturated heterocycles. The first-order chi connectivity index (χ1) is 5.47. The van der Waals surface area contributed by atoms with E-state index in [2.05, 4.69) is 15.2 Å². The van der Waals surface area contributed by atoms with E-state index in [9.17, 15) is 0 Å². The number of nitrogens with one attached hydrogen (secondary N) is 1. The standard InChI is InChI=1S/C6H5N3.C2H6.H2/c1-2-7-4-6-5(1)3-8-9-6;1-2;/h1-4H,(H,8,9);1-2H3;1H. The van der Waals surface area contributed by atoms with Gasteiger partial charge in [-0.25, -0.2) is 0 Å². The van der Waals surface area contributed by atoms with Gasteiger partial charge in [0.05, 0.1) is 17.9 Å². The van der Waals surface area contributed by atoms with E-state index in [4.69, 9.17) is 0 Å². The summed E-state index contributed by atoms with van der Waals surface area (Å²) in [7, 11) is 0. The number of H-pyrrole nitrogens is 1. The molecule has 0 bridgehead atoms. The van der Waals surface area contributed by atoms with Crippen LogP contribution in [-0.2, 0) is 0 Å². The van der Waals surface area contributed by atoms with Crippen LogP contribution in [0.15, 0.2) is 24.7 Å². The number of aromatic amines is 1. The van der Waals surface area contributed by atoms with Gasteiger partial charge < -0.3 is 0 Å². The van der Waals surface area contributed by atoms with Crippen LogP contribution in [0.4, 0.5) is 0 Å². The summed E-state index contributed by atoms with van der Waals surface area (Å²) in [6.07, 6.45) is 5.28. The third-order valence-electron chi connectivity index (χ3n) is 1.24. The highest BCUT2D eigenvalue weighted by atomic mass is 15.1. The molecule has 0 unspecified atom stereocenters. The quantitative estimate of drug-likeness (QED) is 0.627. The minimum absolute atomic E-state index is 0. The van der Waals surface area contributed by atoms with Gasteiger partial charge in [0.15, 0.2) is 0 Å². The Kier molecular flexibility index (Phi) is 2.60. The van der Waals surface area contributed by atoms with Gasteiger partial charge in [-0.3, -0.25) is 10.1 Å². The van der Waals surface area contributed by atoms with Gasteiger partial charge in [0.2, 0.25) is 0 Å². The van der Waals surface area contributed by atoms with E-state index < -0.39 is 0 Å². The summed E-state index contributed by atoms with van der Waals surface area (Å²) in [5.41, 5.74) is 0.984. The molecule has 2 heterocycles. The predicted octanol–water partition coefficient (Wildman–Crippen LogP) is 2.23. The molecule has 3 heteroatoms. The summed E-state index contributed by atoms with van der Waals surface area (Å²) >= 11 is 0. The van der Waals surface area contributed by atoms with Gasteiger partial charge in [-0.05, 0) is 6.07 Å². The second-order valence-corrected chi connectivity index (χ2v) is 1.83. The number of aromatic nitrogens is 3. The molecule has 2 aromatic rings. The number of pyridine rings is 1. The molecule has 0 aliphatic carbocycles. The van der Waals surface area contributed by atoms with E-state index in [1.807, 2.05) is 19.9 Å². The van der Waals surface area contributed by atoms with Crippen molar-refractivity contribution in [3.05, 3.63) is 24.7 Å². The van der Waals surface area contributed by atoms with Crippen LogP contribution in [0, 0.1) is 0 Å². The summed E-state index contributed by atoms with van der Waals surface area (Å²) in [6, 6.07) is 1.92. The normalized spacial score (nSPS) is 8.91.